The summed E-state index contributed by atoms with van der Waals surface area (Å²) >= 11 is 3.36. The van der Waals surface area contributed by atoms with Gasteiger partial charge in [0, 0.05) is 22.4 Å². The molecule has 0 bridgehead atoms. The monoisotopic (exact) mass is 713 g/mol. The van der Waals surface area contributed by atoms with Crippen molar-refractivity contribution in [3.05, 3.63) is 64.3 Å². The summed E-state index contributed by atoms with van der Waals surface area (Å²) in [4.78, 5) is 49.5. The third-order valence-corrected chi connectivity index (χ3v) is 9.86. The van der Waals surface area contributed by atoms with Crippen LogP contribution in [0.15, 0.2) is 67.8 Å². The zero-order valence-corrected chi connectivity index (χ0v) is 26.6. The fourth-order valence-electron chi connectivity index (χ4n) is 4.63. The van der Waals surface area contributed by atoms with Crippen molar-refractivity contribution in [2.24, 2.45) is 5.16 Å². The highest BCUT2D eigenvalue weighted by atomic mass is 32.2. The topological polar surface area (TPSA) is 267 Å². The van der Waals surface area contributed by atoms with Gasteiger partial charge in [-0.3, -0.25) is 14.5 Å². The summed E-state index contributed by atoms with van der Waals surface area (Å²) in [5, 5.41) is 63.9. The molecule has 4 heterocycles. The van der Waals surface area contributed by atoms with Crippen LogP contribution >= 0.6 is 34.9 Å². The quantitative estimate of drug-likeness (QED) is 0.0385. The van der Waals surface area contributed by atoms with E-state index in [-0.39, 0.29) is 74.5 Å². The predicted octanol–water partition coefficient (Wildman–Crippen LogP) is 2.05. The van der Waals surface area contributed by atoms with Crippen LogP contribution in [0.1, 0.15) is 11.3 Å². The van der Waals surface area contributed by atoms with Crippen LogP contribution in [0.5, 0.6) is 23.0 Å². The molecule has 8 N–H and O–H groups in total. The number of aliphatic carboxylic acids is 1. The summed E-state index contributed by atoms with van der Waals surface area (Å²) in [6.07, 6.45) is 0. The van der Waals surface area contributed by atoms with Crippen molar-refractivity contribution < 1.29 is 49.2 Å². The van der Waals surface area contributed by atoms with E-state index in [9.17, 15) is 39.9 Å². The normalized spacial score (nSPS) is 17.5. The molecule has 2 aromatic carbocycles. The second kappa shape index (κ2) is 13.3. The maximum Gasteiger partial charge on any atom is 0.352 e. The molecule has 6 rings (SSSR count). The van der Waals surface area contributed by atoms with Crippen LogP contribution < -0.4 is 11.1 Å². The molecule has 2 aliphatic rings. The van der Waals surface area contributed by atoms with Gasteiger partial charge in [-0.15, -0.1) is 33.3 Å². The highest BCUT2D eigenvalue weighted by molar-refractivity contribution is 8.01. The number of nitrogens with two attached hydrogens (primary N) is 1. The van der Waals surface area contributed by atoms with Gasteiger partial charge < -0.3 is 45.8 Å². The molecule has 2 aliphatic heterocycles. The van der Waals surface area contributed by atoms with Crippen LogP contribution in [0.2, 0.25) is 0 Å². The van der Waals surface area contributed by atoms with Gasteiger partial charge in [-0.25, -0.2) is 9.78 Å². The summed E-state index contributed by atoms with van der Waals surface area (Å²) in [6, 6.07) is 6.92. The fourth-order valence-corrected chi connectivity index (χ4v) is 7.42. The van der Waals surface area contributed by atoms with Gasteiger partial charge in [-0.05, 0) is 41.5 Å². The molecule has 248 valence electrons. The summed E-state index contributed by atoms with van der Waals surface area (Å²) < 4.78 is 5.61. The number of nitrogens with one attached hydrogen (secondary N) is 1. The molecule has 1 fully saturated rings. The number of rotatable bonds is 11. The number of thioether (sulfide) groups is 2. The van der Waals surface area contributed by atoms with Gasteiger partial charge in [0.1, 0.15) is 29.4 Å². The molecule has 17 nitrogen and oxygen atoms in total. The number of fused-ring (bicyclic) bond motifs is 1. The number of nitrogen functional groups attached to an aromatic ring is 1. The van der Waals surface area contributed by atoms with E-state index in [1.165, 1.54) is 53.5 Å². The first-order valence-electron chi connectivity index (χ1n) is 13.6. The number of oxime groups is 1. The molecule has 2 amide bonds. The van der Waals surface area contributed by atoms with Gasteiger partial charge in [-0.2, -0.15) is 0 Å². The van der Waals surface area contributed by atoms with Crippen LogP contribution in [0.25, 0.3) is 11.5 Å². The van der Waals surface area contributed by atoms with Crippen molar-refractivity contribution in [1.29, 1.82) is 0 Å². The van der Waals surface area contributed by atoms with Gasteiger partial charge in [0.05, 0.1) is 0 Å². The van der Waals surface area contributed by atoms with E-state index < -0.39 is 29.2 Å². The lowest BCUT2D eigenvalue weighted by Gasteiger charge is -2.49. The van der Waals surface area contributed by atoms with Crippen molar-refractivity contribution in [3.8, 4) is 34.5 Å². The number of benzene rings is 2. The number of hydrogen-bond acceptors (Lipinski definition) is 17. The number of carboxylic acids is 1. The van der Waals surface area contributed by atoms with E-state index in [0.717, 1.165) is 28.0 Å². The van der Waals surface area contributed by atoms with E-state index in [1.54, 1.807) is 0 Å². The molecular formula is C28H23N7O10S3. The fraction of sp³-hybridized carbons (Fsp3) is 0.179. The van der Waals surface area contributed by atoms with Crippen molar-refractivity contribution in [2.75, 3.05) is 17.2 Å². The Bertz CT molecular complexity index is 2000. The molecule has 0 aliphatic carbocycles. The molecule has 0 radical (unpaired) electrons. The van der Waals surface area contributed by atoms with Crippen molar-refractivity contribution in [1.82, 2.24) is 25.4 Å². The number of thiazole rings is 1. The third-order valence-electron chi connectivity index (χ3n) is 6.94. The second-order valence-corrected chi connectivity index (χ2v) is 13.0. The lowest BCUT2D eigenvalue weighted by Crippen LogP contribution is -2.71. The van der Waals surface area contributed by atoms with E-state index in [1.807, 2.05) is 0 Å². The van der Waals surface area contributed by atoms with E-state index >= 15 is 0 Å². The number of carboxylic acid groups (broad SMARTS) is 1. The first-order chi connectivity index (χ1) is 23.0. The maximum atomic E-state index is 13.4. The molecule has 0 saturated carbocycles. The number of aromatic nitrogens is 3. The molecule has 1 saturated heterocycles. The van der Waals surface area contributed by atoms with Crippen LogP contribution in [0.3, 0.4) is 0 Å². The Kier molecular flexibility index (Phi) is 9.02. The molecule has 48 heavy (non-hydrogen) atoms. The zero-order chi connectivity index (χ0) is 34.1. The van der Waals surface area contributed by atoms with Gasteiger partial charge in [0.2, 0.25) is 5.89 Å². The van der Waals surface area contributed by atoms with Crippen LogP contribution in [0.4, 0.5) is 5.13 Å². The lowest BCUT2D eigenvalue weighted by molar-refractivity contribution is -0.150. The number of phenolic OH excluding ortho intramolecular Hbond substituents is 4. The summed E-state index contributed by atoms with van der Waals surface area (Å²) in [5.74, 6) is -3.76. The predicted molar refractivity (Wildman–Crippen MR) is 171 cm³/mol. The molecule has 0 unspecified atom stereocenters. The Balaban J connectivity index is 1.13. The van der Waals surface area contributed by atoms with Crippen LogP contribution in [0, 0.1) is 0 Å². The van der Waals surface area contributed by atoms with Crippen molar-refractivity contribution >= 4 is 63.5 Å². The minimum atomic E-state index is -1.33. The maximum absolute atomic E-state index is 13.4. The number of carbonyl (C=O) groups excluding carboxylic acids is 2. The van der Waals surface area contributed by atoms with Crippen molar-refractivity contribution in [3.63, 3.8) is 0 Å². The average molecular weight is 714 g/mol. The molecule has 0 spiro atoms. The number of hydrogen-bond donors (Lipinski definition) is 7. The number of carbonyl (C=O) groups is 3. The molecular weight excluding hydrogens is 691 g/mol. The molecule has 2 atom stereocenters. The van der Waals surface area contributed by atoms with Crippen LogP contribution in [-0.4, -0.2) is 92.0 Å². The Hall–Kier alpha value is -5.47. The second-order valence-electron chi connectivity index (χ2n) is 10.1. The minimum absolute atomic E-state index is 0.0723. The SMILES string of the molecule is Nc1nc(C(=NOCc2ccc(O)c(O)c2)C(=O)N[C@@H]2C(=O)N3C(C(=O)O)=C(CSc4nnc(-c5ccc(O)c(O)c5)o4)CS[C@H]23)cs1. The van der Waals surface area contributed by atoms with Gasteiger partial charge in [-0.1, -0.05) is 23.0 Å². The largest absolute Gasteiger partial charge is 0.504 e. The highest BCUT2D eigenvalue weighted by Crippen LogP contribution is 2.42. The summed E-state index contributed by atoms with van der Waals surface area (Å²) in [6.45, 7) is -0.183. The molecule has 20 heteroatoms. The van der Waals surface area contributed by atoms with Gasteiger partial charge in [0.25, 0.3) is 17.0 Å². The summed E-state index contributed by atoms with van der Waals surface area (Å²) in [5.41, 5.74) is 6.54. The molecule has 4 aromatic rings. The van der Waals surface area contributed by atoms with E-state index in [4.69, 9.17) is 15.0 Å². The standard InChI is InChI=1S/C28H23N7O10S3/c29-27-30-14(10-47-27)19(34-44-7-11-1-3-15(36)17(38)5-11)22(40)31-20-24(41)35-21(26(42)43)13(8-46-25(20)35)9-48-28-33-32-23(45-28)12-2-4-16(37)18(39)6-12/h1-6,10,20,25,36-39H,7-9H2,(H2,29,30)(H,31,40)(H,42,43)/t20-,25-/m1/s1. The summed E-state index contributed by atoms with van der Waals surface area (Å²) in [7, 11) is 0. The average Bonchev–Trinajstić information content (AvgIpc) is 3.72. The zero-order valence-electron chi connectivity index (χ0n) is 24.1. The van der Waals surface area contributed by atoms with Crippen molar-refractivity contribution in [2.45, 2.75) is 23.2 Å². The van der Waals surface area contributed by atoms with E-state index in [0.29, 0.717) is 16.7 Å². The first-order valence-corrected chi connectivity index (χ1v) is 16.5. The van der Waals surface area contributed by atoms with Crippen LogP contribution in [-0.2, 0) is 25.8 Å². The number of phenols is 4. The van der Waals surface area contributed by atoms with Gasteiger partial charge >= 0.3 is 5.97 Å². The number of β-lactam (4-membered cyclic amide) rings is 1. The number of amides is 2. The molecule has 2 aromatic heterocycles. The minimum Gasteiger partial charge on any atom is -0.504 e. The first kappa shape index (κ1) is 32.5. The Morgan fingerprint density at radius 1 is 1.10 bits per heavy atom. The smallest absolute Gasteiger partial charge is 0.352 e. The Morgan fingerprint density at radius 3 is 2.54 bits per heavy atom. The highest BCUT2D eigenvalue weighted by Gasteiger charge is 2.54. The van der Waals surface area contributed by atoms with Gasteiger partial charge in [0.15, 0.2) is 33.8 Å². The number of aromatic hydroxyl groups is 4. The number of nitrogens with zero attached hydrogens (tertiary/aromatic N) is 5. The van der Waals surface area contributed by atoms with E-state index in [2.05, 4.69) is 25.7 Å². The Labute approximate surface area is 281 Å². The lowest BCUT2D eigenvalue weighted by atomic mass is 10.0. The Morgan fingerprint density at radius 2 is 1.85 bits per heavy atom. The number of anilines is 1. The third kappa shape index (κ3) is 6.52.